The molecule has 8 rings (SSSR count). The lowest BCUT2D eigenvalue weighted by Crippen LogP contribution is -2.68. The van der Waals surface area contributed by atoms with E-state index in [1.165, 1.54) is 6.92 Å². The number of rotatable bonds is 9. The van der Waals surface area contributed by atoms with E-state index in [0.29, 0.717) is 44.9 Å². The lowest BCUT2D eigenvalue weighted by atomic mass is 9.33. The Morgan fingerprint density at radius 3 is 1.88 bits per heavy atom. The summed E-state index contributed by atoms with van der Waals surface area (Å²) >= 11 is 0. The van der Waals surface area contributed by atoms with Gasteiger partial charge in [0.2, 0.25) is 6.29 Å². The van der Waals surface area contributed by atoms with Crippen molar-refractivity contribution in [2.45, 2.75) is 211 Å². The number of hydrogen-bond donors (Lipinski definition) is 12. The molecule has 67 heavy (non-hydrogen) atoms. The Morgan fingerprint density at radius 1 is 0.657 bits per heavy atom. The van der Waals surface area contributed by atoms with Crippen LogP contribution < -0.4 is 0 Å². The van der Waals surface area contributed by atoms with E-state index in [-0.39, 0.29) is 35.2 Å². The molecule has 0 amide bonds. The highest BCUT2D eigenvalue weighted by molar-refractivity contribution is 5.79. The quantitative estimate of drug-likeness (QED) is 0.0986. The SMILES string of the molecule is C[C@@H]1O[C@@H](O[C@H]2[C@H](OC(=O)[C@]34CCC(C)(C)C[C@H]3C3=CC[C@@H]5[C@@]6(C)C[C@H](O)[C@H](O)[C@@](C)(CO)[C@@H]6CC[C@@]5(C)[C@]3(C)CC4)O[C@H](CO)[C@@H](O)[C@@H]2O[C@@H]2O[C@H](CO)[C@H](O)[C@H](O)[C@H]2O)[C@H](O)[C@H](O)[C@H]1O. The van der Waals surface area contributed by atoms with Crippen molar-refractivity contribution in [2.24, 2.45) is 50.2 Å². The lowest BCUT2D eigenvalue weighted by Gasteiger charge is -2.71. The van der Waals surface area contributed by atoms with Gasteiger partial charge in [0.25, 0.3) is 0 Å². The van der Waals surface area contributed by atoms with Gasteiger partial charge in [-0.2, -0.15) is 0 Å². The maximum Gasteiger partial charge on any atom is 0.315 e. The average molecular weight is 959 g/mol. The average Bonchev–Trinajstić information content (AvgIpc) is 3.28. The van der Waals surface area contributed by atoms with E-state index in [4.69, 9.17) is 28.4 Å². The van der Waals surface area contributed by atoms with Gasteiger partial charge in [-0.05, 0) is 104 Å². The highest BCUT2D eigenvalue weighted by Crippen LogP contribution is 2.76. The van der Waals surface area contributed by atoms with Crippen LogP contribution in [0.25, 0.3) is 0 Å². The van der Waals surface area contributed by atoms with E-state index < -0.39 is 145 Å². The number of carbonyl (C=O) groups excluding carboxylic acids is 1. The highest BCUT2D eigenvalue weighted by atomic mass is 16.8. The van der Waals surface area contributed by atoms with Gasteiger partial charge in [-0.15, -0.1) is 0 Å². The van der Waals surface area contributed by atoms with Crippen LogP contribution in [0.1, 0.15) is 106 Å². The van der Waals surface area contributed by atoms with Gasteiger partial charge in [0.05, 0.1) is 43.5 Å². The molecule has 0 aromatic heterocycles. The van der Waals surface area contributed by atoms with Crippen molar-refractivity contribution in [2.75, 3.05) is 19.8 Å². The predicted molar refractivity (Wildman–Crippen MR) is 232 cm³/mol. The summed E-state index contributed by atoms with van der Waals surface area (Å²) in [5, 5.41) is 130. The summed E-state index contributed by atoms with van der Waals surface area (Å²) in [5.74, 6) is -0.901. The fraction of sp³-hybridized carbons (Fsp3) is 0.938. The van der Waals surface area contributed by atoms with Gasteiger partial charge in [-0.3, -0.25) is 4.79 Å². The zero-order valence-electron chi connectivity index (χ0n) is 39.8. The van der Waals surface area contributed by atoms with Gasteiger partial charge >= 0.3 is 5.97 Å². The van der Waals surface area contributed by atoms with Crippen molar-refractivity contribution in [3.63, 3.8) is 0 Å². The first-order valence-corrected chi connectivity index (χ1v) is 24.4. The number of carbonyl (C=O) groups is 1. The monoisotopic (exact) mass is 959 g/mol. The van der Waals surface area contributed by atoms with Gasteiger partial charge in [-0.1, -0.05) is 53.2 Å². The molecular weight excluding hydrogens is 881 g/mol. The summed E-state index contributed by atoms with van der Waals surface area (Å²) in [6.07, 6.45) is -19.9. The van der Waals surface area contributed by atoms with E-state index in [1.54, 1.807) is 0 Å². The largest absolute Gasteiger partial charge is 0.432 e. The second-order valence-corrected chi connectivity index (χ2v) is 23.5. The van der Waals surface area contributed by atoms with Crippen LogP contribution in [0.4, 0.5) is 0 Å². The molecule has 3 heterocycles. The minimum atomic E-state index is -1.95. The van der Waals surface area contributed by atoms with Crippen LogP contribution in [0.15, 0.2) is 11.6 Å². The molecule has 25 atom stereocenters. The molecule has 7 fully saturated rings. The molecule has 4 saturated carbocycles. The second-order valence-electron chi connectivity index (χ2n) is 23.5. The van der Waals surface area contributed by atoms with Crippen LogP contribution in [0.3, 0.4) is 0 Å². The first-order chi connectivity index (χ1) is 31.3. The molecule has 0 aromatic rings. The van der Waals surface area contributed by atoms with E-state index in [1.807, 2.05) is 6.92 Å². The van der Waals surface area contributed by atoms with Crippen LogP contribution in [-0.2, 0) is 33.2 Å². The van der Waals surface area contributed by atoms with Crippen molar-refractivity contribution in [3.8, 4) is 0 Å². The smallest absolute Gasteiger partial charge is 0.315 e. The zero-order valence-corrected chi connectivity index (χ0v) is 39.8. The fourth-order valence-corrected chi connectivity index (χ4v) is 15.0. The number of allylic oxidation sites excluding steroid dienone is 2. The van der Waals surface area contributed by atoms with E-state index in [2.05, 4.69) is 40.7 Å². The number of aliphatic hydroxyl groups is 12. The third-order valence-corrected chi connectivity index (χ3v) is 19.4. The topological polar surface area (TPSA) is 315 Å². The second kappa shape index (κ2) is 18.2. The predicted octanol–water partition coefficient (Wildman–Crippen LogP) is -0.889. The summed E-state index contributed by atoms with van der Waals surface area (Å²) < 4.78 is 36.3. The van der Waals surface area contributed by atoms with Gasteiger partial charge in [0, 0.05) is 5.41 Å². The molecule has 19 heteroatoms. The summed E-state index contributed by atoms with van der Waals surface area (Å²) in [5.41, 5.74) is -2.11. The molecule has 0 bridgehead atoms. The molecule has 0 radical (unpaired) electrons. The normalized spacial score (nSPS) is 55.2. The van der Waals surface area contributed by atoms with Gasteiger partial charge < -0.3 is 89.7 Å². The first kappa shape index (κ1) is 51.9. The molecular formula is C48H78O19. The van der Waals surface area contributed by atoms with Crippen molar-refractivity contribution >= 4 is 5.97 Å². The minimum absolute atomic E-state index is 0.0385. The molecule has 12 N–H and O–H groups in total. The van der Waals surface area contributed by atoms with Crippen molar-refractivity contribution in [3.05, 3.63) is 11.6 Å². The van der Waals surface area contributed by atoms with Gasteiger partial charge in [0.1, 0.15) is 61.0 Å². The van der Waals surface area contributed by atoms with Gasteiger partial charge in [0.15, 0.2) is 18.7 Å². The molecule has 0 spiro atoms. The van der Waals surface area contributed by atoms with Crippen LogP contribution in [0.2, 0.25) is 0 Å². The van der Waals surface area contributed by atoms with Gasteiger partial charge in [-0.25, -0.2) is 0 Å². The molecule has 19 nitrogen and oxygen atoms in total. The number of aliphatic hydroxyl groups excluding tert-OH is 12. The van der Waals surface area contributed by atoms with Crippen LogP contribution in [-0.4, -0.2) is 191 Å². The number of hydrogen-bond acceptors (Lipinski definition) is 19. The zero-order chi connectivity index (χ0) is 49.1. The van der Waals surface area contributed by atoms with Crippen LogP contribution in [0.5, 0.6) is 0 Å². The molecule has 3 aliphatic heterocycles. The number of ether oxygens (including phenoxy) is 6. The number of esters is 1. The Morgan fingerprint density at radius 2 is 1.24 bits per heavy atom. The highest BCUT2D eigenvalue weighted by Gasteiger charge is 2.71. The maximum absolute atomic E-state index is 15.5. The van der Waals surface area contributed by atoms with Crippen LogP contribution in [0, 0.1) is 50.2 Å². The maximum atomic E-state index is 15.5. The fourth-order valence-electron chi connectivity index (χ4n) is 15.0. The molecule has 8 aliphatic rings. The third kappa shape index (κ3) is 8.01. The Kier molecular flexibility index (Phi) is 14.1. The Hall–Kier alpha value is -1.47. The van der Waals surface area contributed by atoms with Crippen molar-refractivity contribution < 1.29 is 94.5 Å². The van der Waals surface area contributed by atoms with E-state index in [0.717, 1.165) is 18.4 Å². The molecule has 384 valence electrons. The summed E-state index contributed by atoms with van der Waals surface area (Å²) in [7, 11) is 0. The summed E-state index contributed by atoms with van der Waals surface area (Å²) in [6.45, 7) is 12.7. The molecule has 5 aliphatic carbocycles. The van der Waals surface area contributed by atoms with Crippen molar-refractivity contribution in [1.29, 1.82) is 0 Å². The molecule has 0 aromatic carbocycles. The minimum Gasteiger partial charge on any atom is -0.432 e. The Balaban J connectivity index is 1.15. The summed E-state index contributed by atoms with van der Waals surface area (Å²) in [6, 6.07) is 0. The van der Waals surface area contributed by atoms with E-state index in [9.17, 15) is 61.3 Å². The van der Waals surface area contributed by atoms with Crippen LogP contribution >= 0.6 is 0 Å². The standard InChI is InChI=1S/C48H78O19/c1-21-29(53)32(56)34(58)39(62-21)66-37-36(65-40-35(59)33(57)30(54)25(18-49)63-40)31(55)26(19-50)64-41(37)67-42(61)48-14-12-43(2,3)16-23(48)22-8-9-28-44(4)17-24(52)38(60)45(5,20-51)27(44)10-11-47(28,7)46(22,6)13-15-48/h8,21,23-41,49-60H,9-20H2,1-7H3/t21-,23-,24-,25+,26+,27+,28+,29-,30-,31+,32+,33-,34+,35+,36-,37+,38-,39-,40-,41-,44-,45-,46+,47+,48-/m0/s1. The molecule has 0 unspecified atom stereocenters. The molecule has 3 saturated heterocycles. The Labute approximate surface area is 392 Å². The summed E-state index contributed by atoms with van der Waals surface area (Å²) in [4.78, 5) is 15.5. The lowest BCUT2D eigenvalue weighted by molar-refractivity contribution is -0.387. The Bertz CT molecular complexity index is 1830. The van der Waals surface area contributed by atoms with E-state index >= 15 is 4.79 Å². The van der Waals surface area contributed by atoms with Crippen molar-refractivity contribution in [1.82, 2.24) is 0 Å². The number of fused-ring (bicyclic) bond motifs is 7. The first-order valence-electron chi connectivity index (χ1n) is 24.4. The third-order valence-electron chi connectivity index (χ3n) is 19.4.